The van der Waals surface area contributed by atoms with Crippen LogP contribution in [-0.2, 0) is 4.79 Å². The summed E-state index contributed by atoms with van der Waals surface area (Å²) in [5.41, 5.74) is 6.95. The van der Waals surface area contributed by atoms with Crippen LogP contribution in [0.4, 0.5) is 4.39 Å². The van der Waals surface area contributed by atoms with E-state index in [1.54, 1.807) is 30.4 Å². The van der Waals surface area contributed by atoms with Crippen LogP contribution in [0.2, 0.25) is 0 Å². The van der Waals surface area contributed by atoms with Crippen molar-refractivity contribution in [3.8, 4) is 0 Å². The number of halogens is 2. The number of aliphatic imine (C=N–C) groups is 1. The number of nitrogens with two attached hydrogens (primary N) is 1. The van der Waals surface area contributed by atoms with Gasteiger partial charge in [0.05, 0.1) is 46.3 Å². The number of nitrogens with one attached hydrogen (secondary N) is 1. The summed E-state index contributed by atoms with van der Waals surface area (Å²) in [6, 6.07) is 5.68. The van der Waals surface area contributed by atoms with Crippen molar-refractivity contribution in [2.75, 3.05) is 13.2 Å². The van der Waals surface area contributed by atoms with Crippen LogP contribution >= 0.6 is 15.9 Å². The first-order valence-electron chi connectivity index (χ1n) is 10.3. The maximum Gasteiger partial charge on any atom is 0.231 e. The molecule has 0 saturated carbocycles. The minimum Gasteiger partial charge on any atom is -0.395 e. The van der Waals surface area contributed by atoms with Crippen molar-refractivity contribution < 1.29 is 19.4 Å². The van der Waals surface area contributed by atoms with Gasteiger partial charge in [-0.3, -0.25) is 14.8 Å². The Kier molecular flexibility index (Phi) is 6.21. The van der Waals surface area contributed by atoms with Gasteiger partial charge in [0, 0.05) is 17.8 Å². The number of aliphatic hydroxyl groups excluding tert-OH is 2. The zero-order valence-electron chi connectivity index (χ0n) is 18.0. The van der Waals surface area contributed by atoms with E-state index in [-0.39, 0.29) is 11.7 Å². The third-order valence-corrected chi connectivity index (χ3v) is 6.76. The molecule has 5 N–H and O–H groups in total. The number of pyridine rings is 1. The Labute approximate surface area is 198 Å². The molecule has 174 valence electrons. The predicted molar refractivity (Wildman–Crippen MR) is 126 cm³/mol. The van der Waals surface area contributed by atoms with E-state index >= 15 is 0 Å². The molecule has 0 spiro atoms. The highest BCUT2D eigenvalue weighted by atomic mass is 79.9. The molecular formula is C22H24BrFN6O3. The van der Waals surface area contributed by atoms with E-state index in [0.29, 0.717) is 26.9 Å². The van der Waals surface area contributed by atoms with E-state index in [1.807, 2.05) is 6.07 Å². The molecule has 0 aliphatic carbocycles. The van der Waals surface area contributed by atoms with E-state index in [4.69, 9.17) is 10.7 Å². The van der Waals surface area contributed by atoms with E-state index in [2.05, 4.69) is 31.3 Å². The van der Waals surface area contributed by atoms with Gasteiger partial charge in [-0.25, -0.2) is 9.40 Å². The average Bonchev–Trinajstić information content (AvgIpc) is 3.24. The summed E-state index contributed by atoms with van der Waals surface area (Å²) in [4.78, 5) is 21.8. The largest absolute Gasteiger partial charge is 0.395 e. The van der Waals surface area contributed by atoms with Crippen LogP contribution in [-0.4, -0.2) is 63.5 Å². The van der Waals surface area contributed by atoms with Crippen molar-refractivity contribution in [2.24, 2.45) is 21.2 Å². The molecule has 11 heteroatoms. The minimum absolute atomic E-state index is 0.303. The molecule has 9 nitrogen and oxygen atoms in total. The Morgan fingerprint density at radius 1 is 1.36 bits per heavy atom. The molecule has 0 fully saturated rings. The normalized spacial score (nSPS) is 21.3. The number of amides is 1. The highest BCUT2D eigenvalue weighted by Gasteiger charge is 2.40. The zero-order valence-corrected chi connectivity index (χ0v) is 19.6. The lowest BCUT2D eigenvalue weighted by Gasteiger charge is -2.33. The van der Waals surface area contributed by atoms with Gasteiger partial charge in [0.2, 0.25) is 5.91 Å². The summed E-state index contributed by atoms with van der Waals surface area (Å²) in [5, 5.41) is 28.4. The molecule has 0 saturated heterocycles. The number of benzene rings is 1. The van der Waals surface area contributed by atoms with Crippen molar-refractivity contribution >= 4 is 44.7 Å². The highest BCUT2D eigenvalue weighted by molar-refractivity contribution is 9.12. The van der Waals surface area contributed by atoms with Crippen molar-refractivity contribution in [1.82, 2.24) is 15.3 Å². The molecule has 2 aromatic rings. The third-order valence-electron chi connectivity index (χ3n) is 5.94. The number of hydrogen-bond donors (Lipinski definition) is 4. The zero-order chi connectivity index (χ0) is 23.9. The summed E-state index contributed by atoms with van der Waals surface area (Å²) in [6.07, 6.45) is 2.90. The molecule has 0 bridgehead atoms. The summed E-state index contributed by atoms with van der Waals surface area (Å²) < 4.78 is 14.2. The Balaban J connectivity index is 1.65. The van der Waals surface area contributed by atoms with Gasteiger partial charge in [-0.05, 0) is 59.6 Å². The smallest absolute Gasteiger partial charge is 0.231 e. The second-order valence-electron chi connectivity index (χ2n) is 8.44. The lowest BCUT2D eigenvalue weighted by Crippen LogP contribution is -2.51. The molecule has 1 aromatic heterocycles. The topological polar surface area (TPSA) is 136 Å². The fraction of sp³-hybridized carbons (Fsp3) is 0.364. The monoisotopic (exact) mass is 518 g/mol. The number of fused-ring (bicyclic) bond motifs is 2. The lowest BCUT2D eigenvalue weighted by atomic mass is 9.91. The van der Waals surface area contributed by atoms with Gasteiger partial charge in [0.1, 0.15) is 11.6 Å². The second-order valence-corrected chi connectivity index (χ2v) is 9.23. The molecule has 2 aliphatic heterocycles. The molecule has 1 aromatic carbocycles. The molecule has 33 heavy (non-hydrogen) atoms. The second kappa shape index (κ2) is 8.81. The summed E-state index contributed by atoms with van der Waals surface area (Å²) >= 11 is 3.45. The first kappa shape index (κ1) is 23.3. The number of nitrogens with zero attached hydrogens (tertiary/aromatic N) is 4. The molecule has 1 amide bonds. The van der Waals surface area contributed by atoms with Gasteiger partial charge in [-0.2, -0.15) is 5.10 Å². The SMILES string of the molecule is CC(NC(=O)C(C)(CO)CO)C1=NC2C(c3cnc4ccc(F)cc4c3)C=NN2C(N)=C1Br. The van der Waals surface area contributed by atoms with Gasteiger partial charge >= 0.3 is 0 Å². The van der Waals surface area contributed by atoms with Crippen LogP contribution < -0.4 is 11.1 Å². The summed E-state index contributed by atoms with van der Waals surface area (Å²) in [6.45, 7) is 2.20. The van der Waals surface area contributed by atoms with E-state index in [1.165, 1.54) is 19.1 Å². The number of aromatic nitrogens is 1. The van der Waals surface area contributed by atoms with Crippen LogP contribution in [0.5, 0.6) is 0 Å². The van der Waals surface area contributed by atoms with Gasteiger partial charge in [-0.1, -0.05) is 0 Å². The Hall–Kier alpha value is -2.89. The van der Waals surface area contributed by atoms with Crippen LogP contribution in [0.3, 0.4) is 0 Å². The van der Waals surface area contributed by atoms with Gasteiger partial charge in [0.25, 0.3) is 0 Å². The number of hydrazone groups is 1. The fourth-order valence-corrected chi connectivity index (χ4v) is 4.33. The molecule has 3 atom stereocenters. The van der Waals surface area contributed by atoms with Crippen LogP contribution in [0, 0.1) is 11.2 Å². The number of aliphatic hydroxyl groups is 2. The molecule has 3 heterocycles. The molecule has 4 rings (SSSR count). The maximum atomic E-state index is 13.7. The molecule has 0 radical (unpaired) electrons. The summed E-state index contributed by atoms with van der Waals surface area (Å²) in [5.74, 6) is -0.831. The van der Waals surface area contributed by atoms with Crippen molar-refractivity contribution in [3.05, 3.63) is 52.1 Å². The molecular weight excluding hydrogens is 495 g/mol. The standard InChI is InChI=1S/C22H24BrFN6O3/c1-11(28-21(33)22(2,9-31)10-32)18-17(23)19(25)30-20(29-18)15(8-27-30)13-5-12-6-14(24)3-4-16(12)26-7-13/h3-8,11,15,20,31-32H,9-10,25H2,1-2H3,(H,28,33). The lowest BCUT2D eigenvalue weighted by molar-refractivity contribution is -0.135. The number of carbonyl (C=O) groups is 1. The highest BCUT2D eigenvalue weighted by Crippen LogP contribution is 2.36. The Morgan fingerprint density at radius 2 is 2.09 bits per heavy atom. The molecule has 3 unspecified atom stereocenters. The van der Waals surface area contributed by atoms with E-state index in [0.717, 1.165) is 5.56 Å². The van der Waals surface area contributed by atoms with Gasteiger partial charge in [0.15, 0.2) is 6.17 Å². The first-order valence-corrected chi connectivity index (χ1v) is 11.1. The van der Waals surface area contributed by atoms with E-state index in [9.17, 15) is 19.4 Å². The number of hydrogen-bond acceptors (Lipinski definition) is 8. The number of carbonyl (C=O) groups excluding carboxylic acids is 1. The minimum atomic E-state index is -1.33. The molecule has 2 aliphatic rings. The maximum absolute atomic E-state index is 13.7. The van der Waals surface area contributed by atoms with Gasteiger partial charge < -0.3 is 21.3 Å². The van der Waals surface area contributed by atoms with Crippen LogP contribution in [0.15, 0.2) is 50.9 Å². The van der Waals surface area contributed by atoms with E-state index < -0.39 is 36.7 Å². The Bertz CT molecular complexity index is 1200. The number of rotatable bonds is 6. The average molecular weight is 519 g/mol. The van der Waals surface area contributed by atoms with Gasteiger partial charge in [-0.15, -0.1) is 0 Å². The Morgan fingerprint density at radius 3 is 2.79 bits per heavy atom. The van der Waals surface area contributed by atoms with Crippen molar-refractivity contribution in [2.45, 2.75) is 32.0 Å². The third kappa shape index (κ3) is 4.11. The van der Waals surface area contributed by atoms with Crippen LogP contribution in [0.1, 0.15) is 25.3 Å². The quantitative estimate of drug-likeness (QED) is 0.458. The first-order chi connectivity index (χ1) is 15.7. The van der Waals surface area contributed by atoms with Crippen LogP contribution in [0.25, 0.3) is 10.9 Å². The van der Waals surface area contributed by atoms with Crippen molar-refractivity contribution in [1.29, 1.82) is 0 Å². The fourth-order valence-electron chi connectivity index (χ4n) is 3.71. The van der Waals surface area contributed by atoms with Crippen molar-refractivity contribution in [3.63, 3.8) is 0 Å². The summed E-state index contributed by atoms with van der Waals surface area (Å²) in [7, 11) is 0. The predicted octanol–water partition coefficient (Wildman–Crippen LogP) is 1.56.